The van der Waals surface area contributed by atoms with E-state index < -0.39 is 5.60 Å². The molecule has 0 spiro atoms. The quantitative estimate of drug-likeness (QED) is 0.326. The van der Waals surface area contributed by atoms with Crippen molar-refractivity contribution in [2.45, 2.75) is 65.3 Å². The van der Waals surface area contributed by atoms with Gasteiger partial charge in [-0.05, 0) is 46.1 Å². The van der Waals surface area contributed by atoms with Gasteiger partial charge in [-0.15, -0.1) is 34.2 Å². The molecule has 0 aliphatic carbocycles. The van der Waals surface area contributed by atoms with Gasteiger partial charge in [-0.3, -0.25) is 0 Å². The van der Waals surface area contributed by atoms with Gasteiger partial charge in [-0.25, -0.2) is 9.79 Å². The maximum absolute atomic E-state index is 12.5. The third-order valence-electron chi connectivity index (χ3n) is 5.27. The van der Waals surface area contributed by atoms with E-state index in [1.807, 2.05) is 57.5 Å². The Bertz CT molecular complexity index is 925. The van der Waals surface area contributed by atoms with Crippen LogP contribution in [-0.2, 0) is 24.9 Å². The summed E-state index contributed by atoms with van der Waals surface area (Å²) in [6, 6.07) is 10.2. The third kappa shape index (κ3) is 8.49. The number of halogens is 1. The number of amides is 1. The third-order valence-corrected chi connectivity index (χ3v) is 5.27. The van der Waals surface area contributed by atoms with Gasteiger partial charge in [0.05, 0.1) is 13.1 Å². The molecule has 1 atom stereocenters. The smallest absolute Gasteiger partial charge is 0.410 e. The SMILES string of the molecule is Cc1nnc(CNC(=NCc2ccccc2)NC2CCCN(C(=O)OC(C)(C)C)C2)n1C.I. The number of carbonyl (C=O) groups excluding carboxylic acids is 1. The van der Waals surface area contributed by atoms with Gasteiger partial charge in [0.1, 0.15) is 11.4 Å². The summed E-state index contributed by atoms with van der Waals surface area (Å²) in [5, 5.41) is 15.2. The molecule has 1 aliphatic heterocycles. The molecule has 0 radical (unpaired) electrons. The van der Waals surface area contributed by atoms with Crippen molar-refractivity contribution in [3.63, 3.8) is 0 Å². The van der Waals surface area contributed by atoms with Crippen molar-refractivity contribution < 1.29 is 9.53 Å². The maximum atomic E-state index is 12.5. The Morgan fingerprint density at radius 3 is 2.61 bits per heavy atom. The maximum Gasteiger partial charge on any atom is 0.410 e. The van der Waals surface area contributed by atoms with Gasteiger partial charge in [0.25, 0.3) is 0 Å². The van der Waals surface area contributed by atoms with E-state index in [4.69, 9.17) is 9.73 Å². The molecular formula is C23H36IN7O2. The Morgan fingerprint density at radius 1 is 1.24 bits per heavy atom. The van der Waals surface area contributed by atoms with Crippen molar-refractivity contribution in [1.29, 1.82) is 0 Å². The summed E-state index contributed by atoms with van der Waals surface area (Å²) < 4.78 is 7.50. The first-order valence-electron chi connectivity index (χ1n) is 11.1. The Kier molecular flexibility index (Phi) is 9.93. The molecule has 2 heterocycles. The largest absolute Gasteiger partial charge is 0.444 e. The lowest BCUT2D eigenvalue weighted by Crippen LogP contribution is -2.53. The number of carbonyl (C=O) groups is 1. The Balaban J connectivity index is 0.00000385. The van der Waals surface area contributed by atoms with Gasteiger partial charge in [0, 0.05) is 26.2 Å². The first-order valence-corrected chi connectivity index (χ1v) is 11.1. The molecule has 33 heavy (non-hydrogen) atoms. The number of hydrogen-bond acceptors (Lipinski definition) is 5. The summed E-state index contributed by atoms with van der Waals surface area (Å²) in [7, 11) is 1.94. The van der Waals surface area contributed by atoms with Gasteiger partial charge in [-0.1, -0.05) is 30.3 Å². The first kappa shape index (κ1) is 26.9. The predicted octanol–water partition coefficient (Wildman–Crippen LogP) is 3.38. The molecule has 3 rings (SSSR count). The minimum absolute atomic E-state index is 0. The summed E-state index contributed by atoms with van der Waals surface area (Å²) in [6.45, 7) is 9.91. The number of piperidine rings is 1. The van der Waals surface area contributed by atoms with Gasteiger partial charge in [0.15, 0.2) is 11.8 Å². The van der Waals surface area contributed by atoms with Gasteiger partial charge >= 0.3 is 6.09 Å². The van der Waals surface area contributed by atoms with Crippen molar-refractivity contribution in [2.75, 3.05) is 13.1 Å². The second-order valence-electron chi connectivity index (χ2n) is 9.14. The number of ether oxygens (including phenoxy) is 1. The summed E-state index contributed by atoms with van der Waals surface area (Å²) in [6.07, 6.45) is 1.59. The second-order valence-corrected chi connectivity index (χ2v) is 9.14. The standard InChI is InChI=1S/C23H35N7O2.HI/c1-17-27-28-20(29(17)5)15-25-21(24-14-18-10-7-6-8-11-18)26-19-12-9-13-30(16-19)22(31)32-23(2,3)4;/h6-8,10-11,19H,9,12-16H2,1-5H3,(H2,24,25,26);1H. The van der Waals surface area contributed by atoms with Crippen molar-refractivity contribution in [2.24, 2.45) is 12.0 Å². The van der Waals surface area contributed by atoms with Crippen molar-refractivity contribution >= 4 is 36.0 Å². The molecule has 1 amide bonds. The van der Waals surface area contributed by atoms with E-state index in [2.05, 4.69) is 33.0 Å². The number of likely N-dealkylation sites (tertiary alicyclic amines) is 1. The number of aliphatic imine (C=N–C) groups is 1. The number of nitrogens with zero attached hydrogens (tertiary/aromatic N) is 5. The lowest BCUT2D eigenvalue weighted by Gasteiger charge is -2.35. The molecule has 1 aliphatic rings. The molecule has 9 nitrogen and oxygen atoms in total. The molecule has 1 saturated heterocycles. The fourth-order valence-electron chi connectivity index (χ4n) is 3.45. The van der Waals surface area contributed by atoms with Gasteiger partial charge in [-0.2, -0.15) is 0 Å². The molecule has 1 unspecified atom stereocenters. The Labute approximate surface area is 213 Å². The van der Waals surface area contributed by atoms with E-state index in [0.29, 0.717) is 32.1 Å². The van der Waals surface area contributed by atoms with Gasteiger partial charge < -0.3 is 24.8 Å². The van der Waals surface area contributed by atoms with Crippen LogP contribution in [0.2, 0.25) is 0 Å². The molecule has 10 heteroatoms. The van der Waals surface area contributed by atoms with Gasteiger partial charge in [0.2, 0.25) is 0 Å². The average molecular weight is 569 g/mol. The summed E-state index contributed by atoms with van der Waals surface area (Å²) >= 11 is 0. The van der Waals surface area contributed by atoms with Crippen LogP contribution in [0.3, 0.4) is 0 Å². The van der Waals surface area contributed by atoms with Crippen LogP contribution < -0.4 is 10.6 Å². The van der Waals surface area contributed by atoms with Crippen LogP contribution in [-0.4, -0.2) is 56.4 Å². The summed E-state index contributed by atoms with van der Waals surface area (Å²) in [5.41, 5.74) is 0.623. The van der Waals surface area contributed by atoms with E-state index in [-0.39, 0.29) is 36.1 Å². The minimum Gasteiger partial charge on any atom is -0.444 e. The molecular weight excluding hydrogens is 533 g/mol. The fourth-order valence-corrected chi connectivity index (χ4v) is 3.45. The highest BCUT2D eigenvalue weighted by atomic mass is 127. The highest BCUT2D eigenvalue weighted by Crippen LogP contribution is 2.15. The molecule has 1 fully saturated rings. The van der Waals surface area contributed by atoms with E-state index in [0.717, 1.165) is 30.1 Å². The lowest BCUT2D eigenvalue weighted by molar-refractivity contribution is 0.0193. The molecule has 0 bridgehead atoms. The fraction of sp³-hybridized carbons (Fsp3) is 0.565. The molecule has 2 N–H and O–H groups in total. The highest BCUT2D eigenvalue weighted by molar-refractivity contribution is 14.0. The molecule has 2 aromatic rings. The molecule has 1 aromatic carbocycles. The number of rotatable bonds is 5. The molecule has 0 saturated carbocycles. The molecule has 182 valence electrons. The zero-order valence-corrected chi connectivity index (χ0v) is 22.5. The highest BCUT2D eigenvalue weighted by Gasteiger charge is 2.28. The van der Waals surface area contributed by atoms with Crippen LogP contribution in [0.25, 0.3) is 0 Å². The van der Waals surface area contributed by atoms with E-state index in [1.165, 1.54) is 0 Å². The van der Waals surface area contributed by atoms with E-state index in [9.17, 15) is 4.79 Å². The normalized spacial score (nSPS) is 16.7. The number of aryl methyl sites for hydroxylation is 1. The zero-order chi connectivity index (χ0) is 23.1. The number of aromatic nitrogens is 3. The van der Waals surface area contributed by atoms with Crippen LogP contribution in [0.5, 0.6) is 0 Å². The van der Waals surface area contributed by atoms with Crippen LogP contribution in [0, 0.1) is 6.92 Å². The number of guanidine groups is 1. The lowest BCUT2D eigenvalue weighted by atomic mass is 10.1. The Morgan fingerprint density at radius 2 is 1.97 bits per heavy atom. The topological polar surface area (TPSA) is 96.7 Å². The van der Waals surface area contributed by atoms with Crippen LogP contribution in [0.1, 0.15) is 50.8 Å². The average Bonchev–Trinajstić information content (AvgIpc) is 3.07. The zero-order valence-electron chi connectivity index (χ0n) is 20.2. The number of nitrogens with one attached hydrogen (secondary N) is 2. The molecule has 1 aromatic heterocycles. The first-order chi connectivity index (χ1) is 15.2. The van der Waals surface area contributed by atoms with Crippen molar-refractivity contribution in [1.82, 2.24) is 30.3 Å². The number of benzene rings is 1. The minimum atomic E-state index is -0.504. The van der Waals surface area contributed by atoms with Crippen molar-refractivity contribution in [3.8, 4) is 0 Å². The van der Waals surface area contributed by atoms with Crippen LogP contribution >= 0.6 is 24.0 Å². The predicted molar refractivity (Wildman–Crippen MR) is 140 cm³/mol. The van der Waals surface area contributed by atoms with Crippen molar-refractivity contribution in [3.05, 3.63) is 47.5 Å². The Hall–Kier alpha value is -2.37. The van der Waals surface area contributed by atoms with Crippen LogP contribution in [0.15, 0.2) is 35.3 Å². The summed E-state index contributed by atoms with van der Waals surface area (Å²) in [4.78, 5) is 19.1. The second kappa shape index (κ2) is 12.2. The van der Waals surface area contributed by atoms with Crippen LogP contribution in [0.4, 0.5) is 4.79 Å². The monoisotopic (exact) mass is 569 g/mol. The van der Waals surface area contributed by atoms with E-state index in [1.54, 1.807) is 4.90 Å². The number of hydrogen-bond donors (Lipinski definition) is 2. The van der Waals surface area contributed by atoms with E-state index >= 15 is 0 Å². The summed E-state index contributed by atoms with van der Waals surface area (Å²) in [5.74, 6) is 2.37.